The Balaban J connectivity index is 2.08. The molecular formula is C16H21NO. The van der Waals surface area contributed by atoms with Crippen molar-refractivity contribution in [2.45, 2.75) is 19.4 Å². The maximum absolute atomic E-state index is 9.35. The molecule has 0 spiro atoms. The fourth-order valence-corrected chi connectivity index (χ4v) is 2.36. The fraction of sp³-hybridized carbons (Fsp3) is 0.375. The van der Waals surface area contributed by atoms with E-state index >= 15 is 0 Å². The van der Waals surface area contributed by atoms with Crippen molar-refractivity contribution in [3.05, 3.63) is 48.0 Å². The summed E-state index contributed by atoms with van der Waals surface area (Å²) >= 11 is 0. The molecule has 2 aromatic rings. The molecule has 0 unspecified atom stereocenters. The molecule has 2 aromatic carbocycles. The molecule has 96 valence electrons. The lowest BCUT2D eigenvalue weighted by molar-refractivity contribution is 0.142. The van der Waals surface area contributed by atoms with Gasteiger partial charge in [-0.1, -0.05) is 42.5 Å². The topological polar surface area (TPSA) is 23.5 Å². The average molecular weight is 243 g/mol. The lowest BCUT2D eigenvalue weighted by Crippen LogP contribution is -2.29. The van der Waals surface area contributed by atoms with Crippen LogP contribution in [0.3, 0.4) is 0 Å². The van der Waals surface area contributed by atoms with Crippen LogP contribution in [0.2, 0.25) is 0 Å². The Morgan fingerprint density at radius 1 is 1.11 bits per heavy atom. The second kappa shape index (κ2) is 5.98. The second-order valence-corrected chi connectivity index (χ2v) is 5.00. The molecule has 0 heterocycles. The minimum absolute atomic E-state index is 0.262. The maximum Gasteiger partial charge on any atom is 0.0638 e. The summed E-state index contributed by atoms with van der Waals surface area (Å²) in [6.45, 7) is 3.53. The number of aliphatic hydroxyl groups is 1. The number of benzene rings is 2. The van der Waals surface area contributed by atoms with Gasteiger partial charge in [-0.3, -0.25) is 0 Å². The SMILES string of the molecule is C[C@@H](O)CN(C)CCc1cccc2ccccc12. The monoisotopic (exact) mass is 243 g/mol. The van der Waals surface area contributed by atoms with Crippen LogP contribution in [0.25, 0.3) is 10.8 Å². The standard InChI is InChI=1S/C16H21NO/c1-13(18)12-17(2)11-10-15-8-5-7-14-6-3-4-9-16(14)15/h3-9,13,18H,10-12H2,1-2H3/t13-/m1/s1. The van der Waals surface area contributed by atoms with E-state index in [9.17, 15) is 5.11 Å². The van der Waals surface area contributed by atoms with E-state index in [0.717, 1.165) is 19.5 Å². The number of nitrogens with zero attached hydrogens (tertiary/aromatic N) is 1. The zero-order valence-corrected chi connectivity index (χ0v) is 11.1. The van der Waals surface area contributed by atoms with Crippen molar-refractivity contribution in [3.8, 4) is 0 Å². The molecule has 18 heavy (non-hydrogen) atoms. The minimum Gasteiger partial charge on any atom is -0.392 e. The predicted octanol–water partition coefficient (Wildman–Crippen LogP) is 2.69. The summed E-state index contributed by atoms with van der Waals surface area (Å²) in [5.41, 5.74) is 1.38. The van der Waals surface area contributed by atoms with Crippen molar-refractivity contribution in [3.63, 3.8) is 0 Å². The van der Waals surface area contributed by atoms with Crippen LogP contribution in [0.5, 0.6) is 0 Å². The molecule has 0 fully saturated rings. The third-order valence-electron chi connectivity index (χ3n) is 3.22. The van der Waals surface area contributed by atoms with Crippen LogP contribution in [0.1, 0.15) is 12.5 Å². The first kappa shape index (κ1) is 13.1. The normalized spacial score (nSPS) is 13.1. The zero-order valence-electron chi connectivity index (χ0n) is 11.1. The van der Waals surface area contributed by atoms with Gasteiger partial charge < -0.3 is 10.0 Å². The first-order valence-corrected chi connectivity index (χ1v) is 6.50. The highest BCUT2D eigenvalue weighted by molar-refractivity contribution is 5.85. The molecule has 0 aliphatic carbocycles. The molecule has 1 atom stereocenters. The van der Waals surface area contributed by atoms with Crippen LogP contribution in [-0.4, -0.2) is 36.2 Å². The van der Waals surface area contributed by atoms with E-state index in [-0.39, 0.29) is 6.10 Å². The molecule has 0 amide bonds. The van der Waals surface area contributed by atoms with E-state index in [1.807, 2.05) is 6.92 Å². The van der Waals surface area contributed by atoms with Gasteiger partial charge in [-0.25, -0.2) is 0 Å². The first-order chi connectivity index (χ1) is 8.66. The number of rotatable bonds is 5. The molecule has 2 rings (SSSR count). The molecule has 1 N–H and O–H groups in total. The summed E-state index contributed by atoms with van der Waals surface area (Å²) in [4.78, 5) is 2.17. The van der Waals surface area contributed by atoms with Gasteiger partial charge in [-0.05, 0) is 36.7 Å². The smallest absolute Gasteiger partial charge is 0.0638 e. The highest BCUT2D eigenvalue weighted by atomic mass is 16.3. The Morgan fingerprint density at radius 2 is 1.83 bits per heavy atom. The van der Waals surface area contributed by atoms with Crippen LogP contribution in [0.4, 0.5) is 0 Å². The molecule has 0 aromatic heterocycles. The third-order valence-corrected chi connectivity index (χ3v) is 3.22. The van der Waals surface area contributed by atoms with E-state index in [1.165, 1.54) is 16.3 Å². The molecule has 0 bridgehead atoms. The van der Waals surface area contributed by atoms with Gasteiger partial charge in [0.1, 0.15) is 0 Å². The minimum atomic E-state index is -0.262. The van der Waals surface area contributed by atoms with Gasteiger partial charge in [0, 0.05) is 13.1 Å². The van der Waals surface area contributed by atoms with Crippen LogP contribution >= 0.6 is 0 Å². The maximum atomic E-state index is 9.35. The van der Waals surface area contributed by atoms with E-state index in [4.69, 9.17) is 0 Å². The molecule has 0 aliphatic heterocycles. The molecule has 2 nitrogen and oxygen atoms in total. The van der Waals surface area contributed by atoms with Crippen LogP contribution in [-0.2, 0) is 6.42 Å². The number of fused-ring (bicyclic) bond motifs is 1. The van der Waals surface area contributed by atoms with Crippen molar-refractivity contribution in [2.75, 3.05) is 20.1 Å². The molecule has 0 radical (unpaired) electrons. The summed E-state index contributed by atoms with van der Waals surface area (Å²) in [5.74, 6) is 0. The molecule has 0 saturated heterocycles. The van der Waals surface area contributed by atoms with E-state index in [1.54, 1.807) is 0 Å². The highest BCUT2D eigenvalue weighted by Crippen LogP contribution is 2.18. The predicted molar refractivity (Wildman–Crippen MR) is 76.8 cm³/mol. The Morgan fingerprint density at radius 3 is 2.61 bits per heavy atom. The number of hydrogen-bond donors (Lipinski definition) is 1. The Labute approximate surface area is 109 Å². The quantitative estimate of drug-likeness (QED) is 0.872. The largest absolute Gasteiger partial charge is 0.392 e. The Kier molecular flexibility index (Phi) is 4.34. The first-order valence-electron chi connectivity index (χ1n) is 6.50. The molecule has 0 saturated carbocycles. The lowest BCUT2D eigenvalue weighted by atomic mass is 10.0. The third kappa shape index (κ3) is 3.31. The van der Waals surface area contributed by atoms with E-state index in [0.29, 0.717) is 0 Å². The fourth-order valence-electron chi connectivity index (χ4n) is 2.36. The average Bonchev–Trinajstić information content (AvgIpc) is 2.35. The summed E-state index contributed by atoms with van der Waals surface area (Å²) < 4.78 is 0. The molecular weight excluding hydrogens is 222 g/mol. The van der Waals surface area contributed by atoms with Crippen molar-refractivity contribution in [2.24, 2.45) is 0 Å². The number of likely N-dealkylation sites (N-methyl/N-ethyl adjacent to an activating group) is 1. The summed E-state index contributed by atoms with van der Waals surface area (Å²) in [5, 5.41) is 12.0. The van der Waals surface area contributed by atoms with Gasteiger partial charge in [0.2, 0.25) is 0 Å². The van der Waals surface area contributed by atoms with Gasteiger partial charge >= 0.3 is 0 Å². The molecule has 0 aliphatic rings. The summed E-state index contributed by atoms with van der Waals surface area (Å²) in [6, 6.07) is 15.0. The number of aliphatic hydroxyl groups excluding tert-OH is 1. The molecule has 2 heteroatoms. The van der Waals surface area contributed by atoms with Crippen molar-refractivity contribution in [1.82, 2.24) is 4.90 Å². The van der Waals surface area contributed by atoms with Crippen molar-refractivity contribution >= 4 is 10.8 Å². The summed E-state index contributed by atoms with van der Waals surface area (Å²) in [6.07, 6.45) is 0.757. The van der Waals surface area contributed by atoms with Crippen molar-refractivity contribution < 1.29 is 5.11 Å². The highest BCUT2D eigenvalue weighted by Gasteiger charge is 2.05. The number of hydrogen-bond acceptors (Lipinski definition) is 2. The zero-order chi connectivity index (χ0) is 13.0. The van der Waals surface area contributed by atoms with Gasteiger partial charge in [-0.15, -0.1) is 0 Å². The van der Waals surface area contributed by atoms with Gasteiger partial charge in [-0.2, -0.15) is 0 Å². The Hall–Kier alpha value is -1.38. The summed E-state index contributed by atoms with van der Waals surface area (Å²) in [7, 11) is 2.05. The Bertz CT molecular complexity index is 502. The van der Waals surface area contributed by atoms with E-state index in [2.05, 4.69) is 54.4 Å². The van der Waals surface area contributed by atoms with Crippen molar-refractivity contribution in [1.29, 1.82) is 0 Å². The van der Waals surface area contributed by atoms with Crippen LogP contribution in [0.15, 0.2) is 42.5 Å². The van der Waals surface area contributed by atoms with Crippen LogP contribution in [0, 0.1) is 0 Å². The van der Waals surface area contributed by atoms with Gasteiger partial charge in [0.15, 0.2) is 0 Å². The van der Waals surface area contributed by atoms with E-state index < -0.39 is 0 Å². The lowest BCUT2D eigenvalue weighted by Gasteiger charge is -2.18. The second-order valence-electron chi connectivity index (χ2n) is 5.00. The van der Waals surface area contributed by atoms with Gasteiger partial charge in [0.05, 0.1) is 6.10 Å². The van der Waals surface area contributed by atoms with Crippen LogP contribution < -0.4 is 0 Å². The van der Waals surface area contributed by atoms with Gasteiger partial charge in [0.25, 0.3) is 0 Å².